The number of imide groups is 1. The molecule has 0 aliphatic carbocycles. The van der Waals surface area contributed by atoms with Gasteiger partial charge in [-0.3, -0.25) is 14.5 Å². The quantitative estimate of drug-likeness (QED) is 0.504. The third kappa shape index (κ3) is 6.04. The zero-order valence-corrected chi connectivity index (χ0v) is 19.5. The second-order valence-corrected chi connectivity index (χ2v) is 8.93. The molecule has 2 aliphatic rings. The van der Waals surface area contributed by atoms with Gasteiger partial charge in [0.2, 0.25) is 5.91 Å². The summed E-state index contributed by atoms with van der Waals surface area (Å²) in [5.74, 6) is -1.75. The number of likely N-dealkylation sites (tertiary alicyclic amines) is 1. The molecule has 0 spiro atoms. The Kier molecular flexibility index (Phi) is 7.93. The Morgan fingerprint density at radius 2 is 1.67 bits per heavy atom. The molecule has 2 heterocycles. The monoisotopic (exact) mass is 504 g/mol. The van der Waals surface area contributed by atoms with Gasteiger partial charge in [0, 0.05) is 0 Å². The van der Waals surface area contributed by atoms with E-state index in [1.807, 2.05) is 6.07 Å². The van der Waals surface area contributed by atoms with E-state index in [1.165, 1.54) is 0 Å². The van der Waals surface area contributed by atoms with Crippen molar-refractivity contribution in [3.8, 4) is 0 Å². The minimum absolute atomic E-state index is 0.0134. The topological polar surface area (TPSA) is 76.2 Å². The van der Waals surface area contributed by atoms with Crippen molar-refractivity contribution in [2.24, 2.45) is 0 Å². The lowest BCUT2D eigenvalue weighted by atomic mass is 10.0. The maximum atomic E-state index is 14.2. The van der Waals surface area contributed by atoms with Gasteiger partial charge >= 0.3 is 18.2 Å². The van der Waals surface area contributed by atoms with Gasteiger partial charge in [-0.2, -0.15) is 13.2 Å². The Bertz CT molecular complexity index is 1060. The van der Waals surface area contributed by atoms with Gasteiger partial charge < -0.3 is 9.47 Å². The van der Waals surface area contributed by atoms with Gasteiger partial charge in [-0.05, 0) is 36.9 Å². The third-order valence-corrected chi connectivity index (χ3v) is 6.48. The summed E-state index contributed by atoms with van der Waals surface area (Å²) in [6.07, 6.45) is -5.93. The van der Waals surface area contributed by atoms with E-state index < -0.39 is 48.7 Å². The van der Waals surface area contributed by atoms with Crippen LogP contribution in [0.5, 0.6) is 0 Å². The smallest absolute Gasteiger partial charge is 0.416 e. The molecule has 2 aromatic carbocycles. The van der Waals surface area contributed by atoms with E-state index >= 15 is 0 Å². The molecule has 0 N–H and O–H groups in total. The number of carbonyl (C=O) groups excluding carboxylic acids is 3. The number of nitrogens with zero attached hydrogens (tertiary/aromatic N) is 2. The summed E-state index contributed by atoms with van der Waals surface area (Å²) in [6.45, 7) is -0.158. The van der Waals surface area contributed by atoms with Crippen molar-refractivity contribution in [2.45, 2.75) is 56.6 Å². The Morgan fingerprint density at radius 1 is 1.03 bits per heavy atom. The standard InChI is InChI=1S/C26H27F3N2O5/c27-26(28,29)22(30-13-7-12-21(30)24(33)35-16-19-10-5-2-6-11-19)15-23(32)31-20(17-36-25(31)34)14-18-8-3-1-4-9-18/h1-6,8-11,20-22H,7,12-17H2/t20-,21-,22-/m0/s1. The van der Waals surface area contributed by atoms with E-state index in [-0.39, 0.29) is 32.6 Å². The lowest BCUT2D eigenvalue weighted by Crippen LogP contribution is -2.53. The maximum absolute atomic E-state index is 14.2. The van der Waals surface area contributed by atoms with Crippen LogP contribution in [0, 0.1) is 0 Å². The molecule has 2 aliphatic heterocycles. The number of cyclic esters (lactones) is 1. The van der Waals surface area contributed by atoms with Crippen LogP contribution in [0.15, 0.2) is 60.7 Å². The van der Waals surface area contributed by atoms with Crippen LogP contribution in [0.4, 0.5) is 18.0 Å². The van der Waals surface area contributed by atoms with Crippen LogP contribution in [0.3, 0.4) is 0 Å². The Labute approximate surface area is 206 Å². The summed E-state index contributed by atoms with van der Waals surface area (Å²) < 4.78 is 52.8. The Balaban J connectivity index is 1.46. The summed E-state index contributed by atoms with van der Waals surface area (Å²) in [5.41, 5.74) is 1.54. The predicted molar refractivity (Wildman–Crippen MR) is 123 cm³/mol. The number of ether oxygens (including phenoxy) is 2. The molecule has 2 fully saturated rings. The number of hydrogen-bond donors (Lipinski definition) is 0. The van der Waals surface area contributed by atoms with Crippen molar-refractivity contribution < 1.29 is 37.0 Å². The summed E-state index contributed by atoms with van der Waals surface area (Å²) in [5, 5.41) is 0. The lowest BCUT2D eigenvalue weighted by Gasteiger charge is -2.33. The fourth-order valence-electron chi connectivity index (χ4n) is 4.73. The molecule has 0 bridgehead atoms. The first-order valence-corrected chi connectivity index (χ1v) is 11.8. The molecule has 10 heteroatoms. The van der Waals surface area contributed by atoms with E-state index in [1.54, 1.807) is 54.6 Å². The highest BCUT2D eigenvalue weighted by Gasteiger charge is 2.51. The van der Waals surface area contributed by atoms with Gasteiger partial charge in [-0.15, -0.1) is 0 Å². The SMILES string of the molecule is O=C(OCc1ccccc1)[C@@H]1CCCN1[C@@H](CC(=O)N1C(=O)OC[C@@H]1Cc1ccccc1)C(F)(F)F. The van der Waals surface area contributed by atoms with Crippen LogP contribution in [0.1, 0.15) is 30.4 Å². The molecule has 192 valence electrons. The number of carbonyl (C=O) groups is 3. The van der Waals surface area contributed by atoms with E-state index in [9.17, 15) is 27.6 Å². The molecule has 7 nitrogen and oxygen atoms in total. The molecular formula is C26H27F3N2O5. The van der Waals surface area contributed by atoms with Gasteiger partial charge in [0.1, 0.15) is 25.3 Å². The zero-order chi connectivity index (χ0) is 25.7. The van der Waals surface area contributed by atoms with Crippen molar-refractivity contribution in [1.29, 1.82) is 0 Å². The Hall–Kier alpha value is -3.40. The van der Waals surface area contributed by atoms with Gasteiger partial charge in [0.05, 0.1) is 12.5 Å². The molecule has 2 aromatic rings. The van der Waals surface area contributed by atoms with Gasteiger partial charge in [-0.25, -0.2) is 9.69 Å². The van der Waals surface area contributed by atoms with Crippen LogP contribution in [-0.4, -0.2) is 65.2 Å². The van der Waals surface area contributed by atoms with Gasteiger partial charge in [0.25, 0.3) is 0 Å². The minimum Gasteiger partial charge on any atom is -0.460 e. The number of rotatable bonds is 8. The van der Waals surface area contributed by atoms with Crippen molar-refractivity contribution in [3.63, 3.8) is 0 Å². The van der Waals surface area contributed by atoms with Gasteiger partial charge in [0.15, 0.2) is 0 Å². The third-order valence-electron chi connectivity index (χ3n) is 6.48. The molecule has 0 aromatic heterocycles. The number of hydrogen-bond acceptors (Lipinski definition) is 6. The van der Waals surface area contributed by atoms with Crippen molar-refractivity contribution in [2.75, 3.05) is 13.2 Å². The zero-order valence-electron chi connectivity index (χ0n) is 19.5. The highest BCUT2D eigenvalue weighted by molar-refractivity contribution is 5.94. The fourth-order valence-corrected chi connectivity index (χ4v) is 4.73. The predicted octanol–water partition coefficient (Wildman–Crippen LogP) is 4.11. The van der Waals surface area contributed by atoms with Crippen LogP contribution in [0.25, 0.3) is 0 Å². The Morgan fingerprint density at radius 3 is 2.31 bits per heavy atom. The van der Waals surface area contributed by atoms with Crippen LogP contribution < -0.4 is 0 Å². The number of halogens is 3. The van der Waals surface area contributed by atoms with E-state index in [4.69, 9.17) is 9.47 Å². The first kappa shape index (κ1) is 25.7. The first-order valence-electron chi connectivity index (χ1n) is 11.8. The number of amides is 2. The van der Waals surface area contributed by atoms with Crippen LogP contribution >= 0.6 is 0 Å². The highest BCUT2D eigenvalue weighted by Crippen LogP contribution is 2.34. The molecule has 36 heavy (non-hydrogen) atoms. The minimum atomic E-state index is -4.80. The summed E-state index contributed by atoms with van der Waals surface area (Å²) >= 11 is 0. The largest absolute Gasteiger partial charge is 0.460 e. The molecule has 2 amide bonds. The molecule has 0 radical (unpaired) electrons. The summed E-state index contributed by atoms with van der Waals surface area (Å²) in [6, 6.07) is 13.8. The number of benzene rings is 2. The van der Waals surface area contributed by atoms with E-state index in [0.717, 1.165) is 20.9 Å². The van der Waals surface area contributed by atoms with Gasteiger partial charge in [-0.1, -0.05) is 60.7 Å². The molecule has 0 saturated carbocycles. The van der Waals surface area contributed by atoms with Crippen molar-refractivity contribution in [3.05, 3.63) is 71.8 Å². The lowest BCUT2D eigenvalue weighted by molar-refractivity contribution is -0.194. The van der Waals surface area contributed by atoms with Crippen LogP contribution in [0.2, 0.25) is 0 Å². The highest BCUT2D eigenvalue weighted by atomic mass is 19.4. The average molecular weight is 505 g/mol. The fraction of sp³-hybridized carbons (Fsp3) is 0.423. The van der Waals surface area contributed by atoms with Crippen molar-refractivity contribution >= 4 is 18.0 Å². The molecule has 2 saturated heterocycles. The van der Waals surface area contributed by atoms with E-state index in [2.05, 4.69) is 0 Å². The number of alkyl halides is 3. The molecule has 4 rings (SSSR count). The second-order valence-electron chi connectivity index (χ2n) is 8.93. The molecular weight excluding hydrogens is 477 g/mol. The number of esters is 1. The molecule has 3 atom stereocenters. The maximum Gasteiger partial charge on any atom is 0.416 e. The van der Waals surface area contributed by atoms with Crippen LogP contribution in [-0.2, 0) is 32.1 Å². The summed E-state index contributed by atoms with van der Waals surface area (Å²) in [4.78, 5) is 39.8. The normalized spacial score (nSPS) is 21.3. The first-order chi connectivity index (χ1) is 17.2. The van der Waals surface area contributed by atoms with E-state index in [0.29, 0.717) is 6.42 Å². The average Bonchev–Trinajstić information content (AvgIpc) is 3.48. The second kappa shape index (κ2) is 11.1. The summed E-state index contributed by atoms with van der Waals surface area (Å²) in [7, 11) is 0. The molecule has 0 unspecified atom stereocenters. The van der Waals surface area contributed by atoms with Crippen molar-refractivity contribution in [1.82, 2.24) is 9.80 Å².